The first-order valence-corrected chi connectivity index (χ1v) is 7.09. The van der Waals surface area contributed by atoms with Crippen molar-refractivity contribution in [1.82, 2.24) is 5.16 Å². The molecule has 1 aromatic carbocycles. The van der Waals surface area contributed by atoms with Crippen molar-refractivity contribution in [1.29, 1.82) is 0 Å². The summed E-state index contributed by atoms with van der Waals surface area (Å²) < 4.78 is 16.3. The van der Waals surface area contributed by atoms with Gasteiger partial charge in [0.25, 0.3) is 0 Å². The summed E-state index contributed by atoms with van der Waals surface area (Å²) in [6.45, 7) is 4.29. The van der Waals surface area contributed by atoms with E-state index in [0.29, 0.717) is 12.4 Å². The molecule has 2 N–H and O–H groups in total. The molecule has 5 heteroatoms. The van der Waals surface area contributed by atoms with Crippen LogP contribution >= 0.6 is 0 Å². The van der Waals surface area contributed by atoms with Crippen LogP contribution < -0.4 is 15.2 Å². The Morgan fingerprint density at radius 3 is 2.76 bits per heavy atom. The fraction of sp³-hybridized carbons (Fsp3) is 0.438. The minimum atomic E-state index is 0.119. The zero-order valence-corrected chi connectivity index (χ0v) is 12.8. The van der Waals surface area contributed by atoms with Crippen LogP contribution in [0.5, 0.6) is 11.5 Å². The number of benzene rings is 1. The van der Waals surface area contributed by atoms with Crippen molar-refractivity contribution >= 4 is 0 Å². The average Bonchev–Trinajstić information content (AvgIpc) is 2.91. The van der Waals surface area contributed by atoms with Crippen molar-refractivity contribution in [3.05, 3.63) is 41.3 Å². The highest BCUT2D eigenvalue weighted by Crippen LogP contribution is 2.27. The van der Waals surface area contributed by atoms with E-state index in [0.717, 1.165) is 35.6 Å². The van der Waals surface area contributed by atoms with Gasteiger partial charge in [0.1, 0.15) is 18.1 Å². The maximum Gasteiger partial charge on any atom is 0.174 e. The molecule has 2 aromatic rings. The monoisotopic (exact) mass is 290 g/mol. The molecule has 0 radical (unpaired) electrons. The molecule has 0 fully saturated rings. The smallest absolute Gasteiger partial charge is 0.174 e. The first-order valence-electron chi connectivity index (χ1n) is 7.09. The molecule has 0 saturated carbocycles. The van der Waals surface area contributed by atoms with E-state index in [9.17, 15) is 0 Å². The lowest BCUT2D eigenvalue weighted by Gasteiger charge is -2.15. The van der Waals surface area contributed by atoms with Crippen LogP contribution in [-0.4, -0.2) is 18.3 Å². The number of nitrogens with two attached hydrogens (primary N) is 1. The Bertz CT molecular complexity index is 581. The first kappa shape index (κ1) is 15.4. The predicted molar refractivity (Wildman–Crippen MR) is 80.5 cm³/mol. The maximum atomic E-state index is 6.04. The third-order valence-electron chi connectivity index (χ3n) is 3.33. The zero-order chi connectivity index (χ0) is 15.2. The molecule has 0 saturated heterocycles. The largest absolute Gasteiger partial charge is 0.497 e. The van der Waals surface area contributed by atoms with E-state index in [1.165, 1.54) is 0 Å². The summed E-state index contributed by atoms with van der Waals surface area (Å²) >= 11 is 0. The van der Waals surface area contributed by atoms with Gasteiger partial charge in [-0.3, -0.25) is 0 Å². The molecule has 1 unspecified atom stereocenters. The van der Waals surface area contributed by atoms with Crippen LogP contribution in [0.4, 0.5) is 0 Å². The molecule has 1 aromatic heterocycles. The van der Waals surface area contributed by atoms with E-state index in [4.69, 9.17) is 19.7 Å². The second-order valence-electron chi connectivity index (χ2n) is 5.07. The Kier molecular flexibility index (Phi) is 5.22. The standard InChI is InChI=1S/C16H22N2O3/c1-4-13(17)8-12-5-6-14(19-3)9-16(12)20-10-15-7-11(2)18-21-15/h5-7,9,13H,4,8,10,17H2,1-3H3. The second kappa shape index (κ2) is 7.13. The lowest BCUT2D eigenvalue weighted by molar-refractivity contribution is 0.245. The Morgan fingerprint density at radius 2 is 2.14 bits per heavy atom. The molecule has 0 aliphatic heterocycles. The van der Waals surface area contributed by atoms with E-state index in [-0.39, 0.29) is 6.04 Å². The molecule has 0 spiro atoms. The van der Waals surface area contributed by atoms with Crippen LogP contribution in [0.3, 0.4) is 0 Å². The number of methoxy groups -OCH3 is 1. The van der Waals surface area contributed by atoms with Crippen molar-refractivity contribution in [3.63, 3.8) is 0 Å². The topological polar surface area (TPSA) is 70.5 Å². The van der Waals surface area contributed by atoms with Gasteiger partial charge in [-0.15, -0.1) is 0 Å². The van der Waals surface area contributed by atoms with Crippen molar-refractivity contribution in [3.8, 4) is 11.5 Å². The molecule has 5 nitrogen and oxygen atoms in total. The number of aryl methyl sites for hydroxylation is 1. The number of hydrogen-bond donors (Lipinski definition) is 1. The van der Waals surface area contributed by atoms with Crippen molar-refractivity contribution in [2.75, 3.05) is 7.11 Å². The van der Waals surface area contributed by atoms with Gasteiger partial charge in [-0.25, -0.2) is 0 Å². The summed E-state index contributed by atoms with van der Waals surface area (Å²) in [7, 11) is 1.64. The Morgan fingerprint density at radius 1 is 1.33 bits per heavy atom. The van der Waals surface area contributed by atoms with Crippen LogP contribution in [0.25, 0.3) is 0 Å². The van der Waals surface area contributed by atoms with Crippen LogP contribution in [0, 0.1) is 6.92 Å². The third-order valence-corrected chi connectivity index (χ3v) is 3.33. The third kappa shape index (κ3) is 4.23. The minimum absolute atomic E-state index is 0.119. The van der Waals surface area contributed by atoms with Crippen LogP contribution in [0.1, 0.15) is 30.4 Å². The van der Waals surface area contributed by atoms with E-state index >= 15 is 0 Å². The first-order chi connectivity index (χ1) is 10.1. The predicted octanol–water partition coefficient (Wildman–Crippen LogP) is 2.85. The highest BCUT2D eigenvalue weighted by molar-refractivity contribution is 5.41. The minimum Gasteiger partial charge on any atom is -0.497 e. The molecule has 0 aliphatic rings. The second-order valence-corrected chi connectivity index (χ2v) is 5.07. The van der Waals surface area contributed by atoms with Crippen LogP contribution in [-0.2, 0) is 13.0 Å². The molecule has 21 heavy (non-hydrogen) atoms. The highest BCUT2D eigenvalue weighted by Gasteiger charge is 2.11. The summed E-state index contributed by atoms with van der Waals surface area (Å²) in [6.07, 6.45) is 1.69. The summed E-state index contributed by atoms with van der Waals surface area (Å²) in [6, 6.07) is 7.77. The lowest BCUT2D eigenvalue weighted by atomic mass is 10.0. The quantitative estimate of drug-likeness (QED) is 0.849. The molecule has 0 bridgehead atoms. The molecule has 114 valence electrons. The van der Waals surface area contributed by atoms with E-state index in [2.05, 4.69) is 12.1 Å². The van der Waals surface area contributed by atoms with Gasteiger partial charge in [0, 0.05) is 18.2 Å². The van der Waals surface area contributed by atoms with Gasteiger partial charge in [-0.2, -0.15) is 0 Å². The van der Waals surface area contributed by atoms with Gasteiger partial charge >= 0.3 is 0 Å². The zero-order valence-electron chi connectivity index (χ0n) is 12.8. The summed E-state index contributed by atoms with van der Waals surface area (Å²) in [5, 5.41) is 3.85. The fourth-order valence-corrected chi connectivity index (χ4v) is 2.02. The van der Waals surface area contributed by atoms with Gasteiger partial charge in [-0.05, 0) is 31.4 Å². The molecule has 0 aliphatic carbocycles. The van der Waals surface area contributed by atoms with Gasteiger partial charge in [-0.1, -0.05) is 18.1 Å². The summed E-state index contributed by atoms with van der Waals surface area (Å²) in [4.78, 5) is 0. The maximum absolute atomic E-state index is 6.04. The SMILES string of the molecule is CCC(N)Cc1ccc(OC)cc1OCc1cc(C)no1. The highest BCUT2D eigenvalue weighted by atomic mass is 16.5. The van der Waals surface area contributed by atoms with E-state index < -0.39 is 0 Å². The molecule has 0 amide bonds. The van der Waals surface area contributed by atoms with Gasteiger partial charge in [0.15, 0.2) is 5.76 Å². The van der Waals surface area contributed by atoms with Gasteiger partial charge in [0.05, 0.1) is 12.8 Å². The molecule has 1 heterocycles. The number of rotatable bonds is 7. The number of nitrogens with zero attached hydrogens (tertiary/aromatic N) is 1. The normalized spacial score (nSPS) is 12.2. The van der Waals surface area contributed by atoms with Crippen LogP contribution in [0.15, 0.2) is 28.8 Å². The number of ether oxygens (including phenoxy) is 2. The summed E-state index contributed by atoms with van der Waals surface area (Å²) in [5.74, 6) is 2.22. The number of hydrogen-bond acceptors (Lipinski definition) is 5. The Balaban J connectivity index is 2.13. The Labute approximate surface area is 125 Å². The van der Waals surface area contributed by atoms with E-state index in [1.807, 2.05) is 31.2 Å². The lowest BCUT2D eigenvalue weighted by Crippen LogP contribution is -2.21. The molecule has 2 rings (SSSR count). The fourth-order valence-electron chi connectivity index (χ4n) is 2.02. The van der Waals surface area contributed by atoms with Crippen molar-refractivity contribution in [2.24, 2.45) is 5.73 Å². The van der Waals surface area contributed by atoms with Crippen LogP contribution in [0.2, 0.25) is 0 Å². The average molecular weight is 290 g/mol. The molecule has 1 atom stereocenters. The number of aromatic nitrogens is 1. The van der Waals surface area contributed by atoms with E-state index in [1.54, 1.807) is 7.11 Å². The molecular formula is C16H22N2O3. The summed E-state index contributed by atoms with van der Waals surface area (Å²) in [5.41, 5.74) is 7.95. The van der Waals surface area contributed by atoms with Gasteiger partial charge in [0.2, 0.25) is 0 Å². The van der Waals surface area contributed by atoms with Crippen molar-refractivity contribution < 1.29 is 14.0 Å². The molecular weight excluding hydrogens is 268 g/mol. The van der Waals surface area contributed by atoms with Crippen molar-refractivity contribution in [2.45, 2.75) is 39.3 Å². The Hall–Kier alpha value is -2.01. The van der Waals surface area contributed by atoms with Gasteiger partial charge < -0.3 is 19.7 Å².